The molecule has 2 aromatic rings. The predicted octanol–water partition coefficient (Wildman–Crippen LogP) is 4.11. The SMILES string of the molecule is c1ccc(CCN2CCCC(c3ccccc3)C2)cc1. The highest BCUT2D eigenvalue weighted by Crippen LogP contribution is 2.26. The van der Waals surface area contributed by atoms with E-state index in [9.17, 15) is 0 Å². The minimum atomic E-state index is 0.723. The van der Waals surface area contributed by atoms with E-state index in [4.69, 9.17) is 0 Å². The fourth-order valence-electron chi connectivity index (χ4n) is 3.19. The summed E-state index contributed by atoms with van der Waals surface area (Å²) in [5, 5.41) is 0. The van der Waals surface area contributed by atoms with Crippen molar-refractivity contribution in [2.45, 2.75) is 25.2 Å². The van der Waals surface area contributed by atoms with Crippen LogP contribution in [0.3, 0.4) is 0 Å². The van der Waals surface area contributed by atoms with Gasteiger partial charge in [-0.05, 0) is 42.9 Å². The summed E-state index contributed by atoms with van der Waals surface area (Å²) in [6.45, 7) is 3.67. The Morgan fingerprint density at radius 2 is 1.60 bits per heavy atom. The zero-order valence-corrected chi connectivity index (χ0v) is 12.0. The Morgan fingerprint density at radius 1 is 0.900 bits per heavy atom. The van der Waals surface area contributed by atoms with E-state index in [0.717, 1.165) is 5.92 Å². The van der Waals surface area contributed by atoms with Crippen LogP contribution in [0.15, 0.2) is 60.7 Å². The molecule has 2 aromatic carbocycles. The maximum atomic E-state index is 2.63. The third-order valence-corrected chi connectivity index (χ3v) is 4.34. The second-order valence-electron chi connectivity index (χ2n) is 5.79. The number of likely N-dealkylation sites (tertiary alicyclic amines) is 1. The van der Waals surface area contributed by atoms with Gasteiger partial charge in [0.15, 0.2) is 0 Å². The van der Waals surface area contributed by atoms with Gasteiger partial charge in [0.1, 0.15) is 0 Å². The van der Waals surface area contributed by atoms with Crippen LogP contribution in [0.5, 0.6) is 0 Å². The molecule has 0 bridgehead atoms. The molecule has 0 saturated carbocycles. The molecule has 1 saturated heterocycles. The van der Waals surface area contributed by atoms with Crippen molar-refractivity contribution in [1.82, 2.24) is 4.90 Å². The van der Waals surface area contributed by atoms with Gasteiger partial charge < -0.3 is 4.90 Å². The van der Waals surface area contributed by atoms with Gasteiger partial charge in [0.05, 0.1) is 0 Å². The van der Waals surface area contributed by atoms with Crippen molar-refractivity contribution in [3.63, 3.8) is 0 Å². The Bertz CT molecular complexity index is 506. The highest BCUT2D eigenvalue weighted by atomic mass is 15.1. The zero-order chi connectivity index (χ0) is 13.6. The van der Waals surface area contributed by atoms with E-state index in [1.54, 1.807) is 0 Å². The molecule has 0 amide bonds. The van der Waals surface area contributed by atoms with Gasteiger partial charge in [-0.15, -0.1) is 0 Å². The van der Waals surface area contributed by atoms with Crippen molar-refractivity contribution >= 4 is 0 Å². The van der Waals surface area contributed by atoms with Gasteiger partial charge in [-0.3, -0.25) is 0 Å². The van der Waals surface area contributed by atoms with E-state index in [0.29, 0.717) is 0 Å². The number of piperidine rings is 1. The number of rotatable bonds is 4. The van der Waals surface area contributed by atoms with E-state index in [1.165, 1.54) is 50.0 Å². The number of nitrogens with zero attached hydrogens (tertiary/aromatic N) is 1. The smallest absolute Gasteiger partial charge is 0.00504 e. The lowest BCUT2D eigenvalue weighted by Gasteiger charge is -2.33. The minimum Gasteiger partial charge on any atom is -0.302 e. The highest BCUT2D eigenvalue weighted by Gasteiger charge is 2.20. The Balaban J connectivity index is 1.56. The summed E-state index contributed by atoms with van der Waals surface area (Å²) in [6, 6.07) is 21.8. The van der Waals surface area contributed by atoms with Crippen LogP contribution in [-0.4, -0.2) is 24.5 Å². The Hall–Kier alpha value is -1.60. The lowest BCUT2D eigenvalue weighted by molar-refractivity contribution is 0.210. The molecule has 0 aromatic heterocycles. The van der Waals surface area contributed by atoms with Crippen LogP contribution in [0.25, 0.3) is 0 Å². The van der Waals surface area contributed by atoms with Gasteiger partial charge in [0, 0.05) is 13.1 Å². The van der Waals surface area contributed by atoms with Gasteiger partial charge >= 0.3 is 0 Å². The van der Waals surface area contributed by atoms with E-state index < -0.39 is 0 Å². The maximum absolute atomic E-state index is 2.63. The molecule has 1 aliphatic rings. The molecule has 0 radical (unpaired) electrons. The second kappa shape index (κ2) is 6.71. The van der Waals surface area contributed by atoms with Crippen molar-refractivity contribution in [2.24, 2.45) is 0 Å². The molecule has 1 heteroatoms. The predicted molar refractivity (Wildman–Crippen MR) is 85.0 cm³/mol. The number of benzene rings is 2. The van der Waals surface area contributed by atoms with E-state index in [-0.39, 0.29) is 0 Å². The van der Waals surface area contributed by atoms with E-state index in [1.807, 2.05) is 0 Å². The molecular weight excluding hydrogens is 242 g/mol. The summed E-state index contributed by atoms with van der Waals surface area (Å²) in [5.74, 6) is 0.723. The third-order valence-electron chi connectivity index (χ3n) is 4.34. The molecule has 0 spiro atoms. The normalized spacial score (nSPS) is 19.9. The molecule has 1 atom stereocenters. The van der Waals surface area contributed by atoms with Crippen LogP contribution in [-0.2, 0) is 6.42 Å². The Labute approximate surface area is 122 Å². The summed E-state index contributed by atoms with van der Waals surface area (Å²) in [5.41, 5.74) is 2.96. The third kappa shape index (κ3) is 3.49. The molecule has 1 fully saturated rings. The molecular formula is C19H23N. The minimum absolute atomic E-state index is 0.723. The lowest BCUT2D eigenvalue weighted by Crippen LogP contribution is -2.35. The maximum Gasteiger partial charge on any atom is 0.00504 e. The fourth-order valence-corrected chi connectivity index (χ4v) is 3.19. The summed E-state index contributed by atoms with van der Waals surface area (Å²) in [4.78, 5) is 2.63. The van der Waals surface area contributed by atoms with Crippen molar-refractivity contribution in [2.75, 3.05) is 19.6 Å². The molecule has 20 heavy (non-hydrogen) atoms. The first kappa shape index (κ1) is 13.4. The van der Waals surface area contributed by atoms with Crippen molar-refractivity contribution < 1.29 is 0 Å². The first-order valence-electron chi connectivity index (χ1n) is 7.73. The van der Waals surface area contributed by atoms with Crippen LogP contribution in [0, 0.1) is 0 Å². The zero-order valence-electron chi connectivity index (χ0n) is 12.0. The first-order valence-corrected chi connectivity index (χ1v) is 7.73. The number of hydrogen-bond acceptors (Lipinski definition) is 1. The molecule has 0 aliphatic carbocycles. The largest absolute Gasteiger partial charge is 0.302 e. The average Bonchev–Trinajstić information content (AvgIpc) is 2.55. The molecule has 0 N–H and O–H groups in total. The molecule has 1 heterocycles. The molecule has 3 rings (SSSR count). The molecule has 1 nitrogen and oxygen atoms in total. The summed E-state index contributed by atoms with van der Waals surface area (Å²) in [6.07, 6.45) is 3.84. The van der Waals surface area contributed by atoms with Crippen molar-refractivity contribution in [1.29, 1.82) is 0 Å². The van der Waals surface area contributed by atoms with Gasteiger partial charge in [0.2, 0.25) is 0 Å². The van der Waals surface area contributed by atoms with Gasteiger partial charge in [-0.25, -0.2) is 0 Å². The fraction of sp³-hybridized carbons (Fsp3) is 0.368. The number of hydrogen-bond donors (Lipinski definition) is 0. The second-order valence-corrected chi connectivity index (χ2v) is 5.79. The van der Waals surface area contributed by atoms with Gasteiger partial charge in [-0.2, -0.15) is 0 Å². The topological polar surface area (TPSA) is 3.24 Å². The average molecular weight is 265 g/mol. The van der Waals surface area contributed by atoms with E-state index in [2.05, 4.69) is 65.6 Å². The van der Waals surface area contributed by atoms with Crippen molar-refractivity contribution in [3.8, 4) is 0 Å². The molecule has 104 valence electrons. The van der Waals surface area contributed by atoms with Crippen molar-refractivity contribution in [3.05, 3.63) is 71.8 Å². The Kier molecular flexibility index (Phi) is 4.49. The van der Waals surface area contributed by atoms with Crippen LogP contribution in [0.1, 0.15) is 29.9 Å². The summed E-state index contributed by atoms with van der Waals surface area (Å²) >= 11 is 0. The molecule has 1 aliphatic heterocycles. The Morgan fingerprint density at radius 3 is 2.35 bits per heavy atom. The van der Waals surface area contributed by atoms with Gasteiger partial charge in [0.25, 0.3) is 0 Å². The summed E-state index contributed by atoms with van der Waals surface area (Å²) < 4.78 is 0. The van der Waals surface area contributed by atoms with E-state index >= 15 is 0 Å². The monoisotopic (exact) mass is 265 g/mol. The van der Waals surface area contributed by atoms with Crippen LogP contribution in [0.2, 0.25) is 0 Å². The molecule has 1 unspecified atom stereocenters. The van der Waals surface area contributed by atoms with Crippen LogP contribution < -0.4 is 0 Å². The quantitative estimate of drug-likeness (QED) is 0.804. The standard InChI is InChI=1S/C19H23N/c1-3-8-17(9-4-1)13-15-20-14-7-12-19(16-20)18-10-5-2-6-11-18/h1-6,8-11,19H,7,12-16H2. The summed E-state index contributed by atoms with van der Waals surface area (Å²) in [7, 11) is 0. The van der Waals surface area contributed by atoms with Crippen LogP contribution >= 0.6 is 0 Å². The lowest BCUT2D eigenvalue weighted by atomic mass is 9.90. The highest BCUT2D eigenvalue weighted by molar-refractivity contribution is 5.20. The van der Waals surface area contributed by atoms with Crippen LogP contribution in [0.4, 0.5) is 0 Å². The van der Waals surface area contributed by atoms with Gasteiger partial charge in [-0.1, -0.05) is 60.7 Å². The first-order chi connectivity index (χ1) is 9.92.